The summed E-state index contributed by atoms with van der Waals surface area (Å²) in [5.41, 5.74) is 1.02. The third-order valence-electron chi connectivity index (χ3n) is 3.23. The van der Waals surface area contributed by atoms with E-state index in [1.165, 1.54) is 0 Å². The number of hydrogen-bond donors (Lipinski definition) is 3. The van der Waals surface area contributed by atoms with E-state index in [9.17, 15) is 8.42 Å². The first kappa shape index (κ1) is 24.1. The first-order chi connectivity index (χ1) is 11.5. The molecule has 9 heteroatoms. The van der Waals surface area contributed by atoms with Crippen LogP contribution in [0.15, 0.2) is 34.2 Å². The van der Waals surface area contributed by atoms with Crippen LogP contribution in [0, 0.1) is 6.92 Å². The Morgan fingerprint density at radius 3 is 2.36 bits per heavy atom. The van der Waals surface area contributed by atoms with Crippen LogP contribution in [0.5, 0.6) is 0 Å². The summed E-state index contributed by atoms with van der Waals surface area (Å²) in [4.78, 5) is 4.35. The van der Waals surface area contributed by atoms with Gasteiger partial charge < -0.3 is 15.4 Å². The van der Waals surface area contributed by atoms with Gasteiger partial charge in [-0.25, -0.2) is 13.1 Å². The Morgan fingerprint density at radius 2 is 1.76 bits per heavy atom. The van der Waals surface area contributed by atoms with E-state index in [1.807, 2.05) is 13.8 Å². The molecule has 0 spiro atoms. The second-order valence-corrected chi connectivity index (χ2v) is 6.95. The molecule has 0 aliphatic heterocycles. The van der Waals surface area contributed by atoms with Gasteiger partial charge in [0, 0.05) is 39.9 Å². The second kappa shape index (κ2) is 13.3. The van der Waals surface area contributed by atoms with Crippen molar-refractivity contribution >= 4 is 40.0 Å². The third-order valence-corrected chi connectivity index (χ3v) is 4.70. The molecule has 0 unspecified atom stereocenters. The number of hydrogen-bond acceptors (Lipinski definition) is 4. The Hall–Kier alpha value is -0.910. The zero-order valence-electron chi connectivity index (χ0n) is 15.0. The van der Waals surface area contributed by atoms with Crippen LogP contribution >= 0.6 is 24.0 Å². The molecule has 144 valence electrons. The number of nitrogens with zero attached hydrogens (tertiary/aromatic N) is 1. The maximum Gasteiger partial charge on any atom is 0.240 e. The first-order valence-electron chi connectivity index (χ1n) is 8.08. The third kappa shape index (κ3) is 9.97. The second-order valence-electron chi connectivity index (χ2n) is 5.19. The molecule has 0 atom stereocenters. The highest BCUT2D eigenvalue weighted by atomic mass is 127. The van der Waals surface area contributed by atoms with Gasteiger partial charge in [0.2, 0.25) is 10.0 Å². The number of halogens is 1. The smallest absolute Gasteiger partial charge is 0.240 e. The van der Waals surface area contributed by atoms with Gasteiger partial charge in [0.1, 0.15) is 0 Å². The number of nitrogens with one attached hydrogen (secondary N) is 3. The lowest BCUT2D eigenvalue weighted by atomic mass is 10.2. The normalized spacial score (nSPS) is 11.7. The molecule has 1 aromatic carbocycles. The van der Waals surface area contributed by atoms with Crippen LogP contribution in [0.1, 0.15) is 18.9 Å². The van der Waals surface area contributed by atoms with Crippen molar-refractivity contribution < 1.29 is 13.2 Å². The van der Waals surface area contributed by atoms with Crippen LogP contribution in [0.2, 0.25) is 0 Å². The minimum Gasteiger partial charge on any atom is -0.382 e. The summed E-state index contributed by atoms with van der Waals surface area (Å²) < 4.78 is 32.1. The maximum absolute atomic E-state index is 12.1. The van der Waals surface area contributed by atoms with Gasteiger partial charge in [-0.05, 0) is 32.4 Å². The largest absolute Gasteiger partial charge is 0.382 e. The Labute approximate surface area is 168 Å². The number of ether oxygens (including phenoxy) is 1. The number of rotatable bonds is 10. The molecule has 0 radical (unpaired) electrons. The summed E-state index contributed by atoms with van der Waals surface area (Å²) in [6.07, 6.45) is 0.884. The highest BCUT2D eigenvalue weighted by molar-refractivity contribution is 14.0. The van der Waals surface area contributed by atoms with E-state index in [1.54, 1.807) is 31.3 Å². The van der Waals surface area contributed by atoms with Crippen LogP contribution in [-0.2, 0) is 14.8 Å². The zero-order valence-corrected chi connectivity index (χ0v) is 18.2. The fourth-order valence-corrected chi connectivity index (χ4v) is 2.94. The highest BCUT2D eigenvalue weighted by Gasteiger charge is 2.12. The number of benzene rings is 1. The van der Waals surface area contributed by atoms with Crippen molar-refractivity contribution in [2.24, 2.45) is 4.99 Å². The molecule has 0 heterocycles. The summed E-state index contributed by atoms with van der Waals surface area (Å²) in [5, 5.41) is 6.21. The molecular weight excluding hydrogens is 455 g/mol. The molecule has 25 heavy (non-hydrogen) atoms. The van der Waals surface area contributed by atoms with Crippen molar-refractivity contribution in [2.45, 2.75) is 25.2 Å². The molecule has 0 aromatic heterocycles. The van der Waals surface area contributed by atoms with Gasteiger partial charge in [0.15, 0.2) is 5.96 Å². The van der Waals surface area contributed by atoms with Gasteiger partial charge in [-0.1, -0.05) is 17.7 Å². The van der Waals surface area contributed by atoms with Crippen molar-refractivity contribution in [3.63, 3.8) is 0 Å². The molecule has 0 aliphatic rings. The van der Waals surface area contributed by atoms with E-state index >= 15 is 0 Å². The Bertz CT molecular complexity index is 606. The van der Waals surface area contributed by atoms with Gasteiger partial charge in [-0.15, -0.1) is 24.0 Å². The molecule has 0 amide bonds. The van der Waals surface area contributed by atoms with Gasteiger partial charge in [-0.2, -0.15) is 0 Å². The molecule has 0 fully saturated rings. The minimum absolute atomic E-state index is 0. The SMILES string of the molecule is CCOCCCNC(=NC)NCCNS(=O)(=O)c1ccc(C)cc1.I. The molecule has 1 aromatic rings. The molecule has 1 rings (SSSR count). The lowest BCUT2D eigenvalue weighted by molar-refractivity contribution is 0.145. The standard InChI is InChI=1S/C16H28N4O3S.HI/c1-4-23-13-5-10-18-16(17-3)19-11-12-20-24(21,22)15-8-6-14(2)7-9-15;/h6-9,20H,4-5,10-13H2,1-3H3,(H2,17,18,19);1H. The highest BCUT2D eigenvalue weighted by Crippen LogP contribution is 2.09. The van der Waals surface area contributed by atoms with Crippen LogP contribution in [0.3, 0.4) is 0 Å². The number of aliphatic imine (C=N–C) groups is 1. The molecule has 3 N–H and O–H groups in total. The molecule has 0 aliphatic carbocycles. The monoisotopic (exact) mass is 484 g/mol. The molecule has 0 saturated heterocycles. The predicted octanol–water partition coefficient (Wildman–Crippen LogP) is 1.48. The van der Waals surface area contributed by atoms with Crippen LogP contribution in [0.25, 0.3) is 0 Å². The molecular formula is C16H29IN4O3S. The van der Waals surface area contributed by atoms with Crippen LogP contribution in [0.4, 0.5) is 0 Å². The summed E-state index contributed by atoms with van der Waals surface area (Å²) in [5.74, 6) is 0.640. The number of sulfonamides is 1. The Balaban J connectivity index is 0.00000576. The van der Waals surface area contributed by atoms with Gasteiger partial charge in [0.05, 0.1) is 4.90 Å². The summed E-state index contributed by atoms with van der Waals surface area (Å²) >= 11 is 0. The maximum atomic E-state index is 12.1. The lowest BCUT2D eigenvalue weighted by Gasteiger charge is -2.12. The summed E-state index contributed by atoms with van der Waals surface area (Å²) in [7, 11) is -1.80. The first-order valence-corrected chi connectivity index (χ1v) is 9.56. The van der Waals surface area contributed by atoms with Gasteiger partial charge in [0.25, 0.3) is 0 Å². The average molecular weight is 484 g/mol. The topological polar surface area (TPSA) is 91.8 Å². The number of aryl methyl sites for hydroxylation is 1. The minimum atomic E-state index is -3.48. The average Bonchev–Trinajstić information content (AvgIpc) is 2.57. The van der Waals surface area contributed by atoms with Crippen molar-refractivity contribution in [3.05, 3.63) is 29.8 Å². The summed E-state index contributed by atoms with van der Waals surface area (Å²) in [6, 6.07) is 6.76. The predicted molar refractivity (Wildman–Crippen MR) is 112 cm³/mol. The van der Waals surface area contributed by atoms with Crippen LogP contribution in [-0.4, -0.2) is 54.3 Å². The van der Waals surface area contributed by atoms with Crippen molar-refractivity contribution in [2.75, 3.05) is 39.9 Å². The molecule has 7 nitrogen and oxygen atoms in total. The Kier molecular flexibility index (Phi) is 12.8. The fraction of sp³-hybridized carbons (Fsp3) is 0.562. The number of guanidine groups is 1. The van der Waals surface area contributed by atoms with E-state index in [2.05, 4.69) is 20.3 Å². The van der Waals surface area contributed by atoms with Gasteiger partial charge in [-0.3, -0.25) is 4.99 Å². The Morgan fingerprint density at radius 1 is 1.12 bits per heavy atom. The lowest BCUT2D eigenvalue weighted by Crippen LogP contribution is -2.41. The fourth-order valence-electron chi connectivity index (χ4n) is 1.91. The molecule has 0 bridgehead atoms. The van der Waals surface area contributed by atoms with E-state index in [0.29, 0.717) is 25.7 Å². The summed E-state index contributed by atoms with van der Waals surface area (Å²) in [6.45, 7) is 6.76. The van der Waals surface area contributed by atoms with Gasteiger partial charge >= 0.3 is 0 Å². The van der Waals surface area contributed by atoms with Crippen molar-refractivity contribution in [1.82, 2.24) is 15.4 Å². The van der Waals surface area contributed by atoms with E-state index < -0.39 is 10.0 Å². The quantitative estimate of drug-likeness (QED) is 0.203. The van der Waals surface area contributed by atoms with Crippen LogP contribution < -0.4 is 15.4 Å². The van der Waals surface area contributed by atoms with Crippen molar-refractivity contribution in [3.8, 4) is 0 Å². The molecule has 0 saturated carbocycles. The van der Waals surface area contributed by atoms with E-state index in [4.69, 9.17) is 4.74 Å². The van der Waals surface area contributed by atoms with Crippen molar-refractivity contribution in [1.29, 1.82) is 0 Å². The van der Waals surface area contributed by atoms with E-state index in [0.717, 1.165) is 18.5 Å². The van der Waals surface area contributed by atoms with E-state index in [-0.39, 0.29) is 35.4 Å². The zero-order chi connectivity index (χ0) is 17.8.